The first kappa shape index (κ1) is 88.8. The van der Waals surface area contributed by atoms with E-state index in [0.29, 0.717) is 0 Å². The lowest BCUT2D eigenvalue weighted by atomic mass is 9.89. The van der Waals surface area contributed by atoms with Crippen molar-refractivity contribution in [2.24, 2.45) is 16.2 Å². The lowest BCUT2D eigenvalue weighted by molar-refractivity contribution is -0.169. The van der Waals surface area contributed by atoms with Crippen LogP contribution >= 0.6 is 0 Å². The largest absolute Gasteiger partial charge is 0.460 e. The smallest absolute Gasteiger partial charge is 0.330 e. The molecule has 7 unspecified atom stereocenters. The number of aliphatic hydroxyl groups is 8. The Bertz CT molecular complexity index is 2150. The van der Waals surface area contributed by atoms with Crippen LogP contribution in [0, 0.1) is 16.2 Å². The van der Waals surface area contributed by atoms with Crippen molar-refractivity contribution < 1.29 is 150 Å². The highest BCUT2D eigenvalue weighted by atomic mass is 16.6. The summed E-state index contributed by atoms with van der Waals surface area (Å²) in [7, 11) is 0. The van der Waals surface area contributed by atoms with E-state index in [-0.39, 0.29) is 0 Å². The Morgan fingerprint density at radius 1 is 0.242 bits per heavy atom. The SMILES string of the molecule is CC=CC(=O)OCC(O)COCC(CO)(COCC(O)COC(=O)C=CC)COCC(COCC(O)COC(=O)C=CC)(COCC(O)COC(=O)C=CC)COCC(COCC(O)COC(=O)C=CC)(COCC(O)COC(=O)C=CC)COCC(O)COC(=O)C=CC. The van der Waals surface area contributed by atoms with Gasteiger partial charge >= 0.3 is 41.8 Å². The van der Waals surface area contributed by atoms with Crippen molar-refractivity contribution in [2.45, 2.75) is 91.2 Å². The molecule has 0 bridgehead atoms. The van der Waals surface area contributed by atoms with Gasteiger partial charge in [-0.2, -0.15) is 0 Å². The van der Waals surface area contributed by atoms with Crippen LogP contribution in [0.5, 0.6) is 0 Å². The molecule has 7 atom stereocenters. The Morgan fingerprint density at radius 2 is 0.379 bits per heavy atom. The average Bonchev–Trinajstić information content (AvgIpc) is 0.918. The zero-order valence-corrected chi connectivity index (χ0v) is 55.5. The molecule has 31 heteroatoms. The van der Waals surface area contributed by atoms with Gasteiger partial charge in [0.1, 0.15) is 89.0 Å². The van der Waals surface area contributed by atoms with Crippen molar-refractivity contribution in [3.63, 3.8) is 0 Å². The minimum absolute atomic E-state index is 0.433. The number of aliphatic hydroxyl groups excluding tert-OH is 8. The van der Waals surface area contributed by atoms with Crippen LogP contribution in [-0.2, 0) is 109 Å². The molecule has 0 aromatic carbocycles. The van der Waals surface area contributed by atoms with E-state index >= 15 is 0 Å². The van der Waals surface area contributed by atoms with Crippen LogP contribution in [0.3, 0.4) is 0 Å². The molecule has 31 nitrogen and oxygen atoms in total. The maximum atomic E-state index is 12.2. The van der Waals surface area contributed by atoms with Gasteiger partial charge in [-0.3, -0.25) is 0 Å². The zero-order valence-electron chi connectivity index (χ0n) is 55.5. The van der Waals surface area contributed by atoms with Crippen LogP contribution in [0.2, 0.25) is 0 Å². The summed E-state index contributed by atoms with van der Waals surface area (Å²) in [6, 6.07) is 0. The highest BCUT2D eigenvalue weighted by molar-refractivity contribution is 5.84. The molecule has 0 saturated heterocycles. The van der Waals surface area contributed by atoms with E-state index in [0.717, 1.165) is 42.5 Å². The molecular weight excluding hydrogens is 1260 g/mol. The van der Waals surface area contributed by atoms with Gasteiger partial charge in [0.25, 0.3) is 0 Å². The summed E-state index contributed by atoms with van der Waals surface area (Å²) in [6.45, 7) is -1.52. The molecule has 544 valence electrons. The van der Waals surface area contributed by atoms with Crippen LogP contribution in [0.25, 0.3) is 0 Å². The first-order chi connectivity index (χ1) is 45.4. The molecule has 0 saturated carbocycles. The van der Waals surface area contributed by atoms with E-state index in [1.54, 1.807) is 48.5 Å². The lowest BCUT2D eigenvalue weighted by Gasteiger charge is -2.38. The molecule has 0 spiro atoms. The second-order valence-electron chi connectivity index (χ2n) is 21.7. The minimum Gasteiger partial charge on any atom is -0.460 e. The van der Waals surface area contributed by atoms with Gasteiger partial charge in [0.2, 0.25) is 0 Å². The Kier molecular flexibility index (Phi) is 51.3. The highest BCUT2D eigenvalue weighted by Crippen LogP contribution is 2.28. The third-order valence-corrected chi connectivity index (χ3v) is 12.0. The van der Waals surface area contributed by atoms with Crippen LogP contribution in [0.15, 0.2) is 85.1 Å². The summed E-state index contributed by atoms with van der Waals surface area (Å²) in [5.41, 5.74) is -4.74. The van der Waals surface area contributed by atoms with Gasteiger partial charge < -0.3 is 117 Å². The van der Waals surface area contributed by atoms with Gasteiger partial charge in [0.15, 0.2) is 0 Å². The first-order valence-corrected chi connectivity index (χ1v) is 30.6. The maximum absolute atomic E-state index is 12.2. The molecule has 95 heavy (non-hydrogen) atoms. The van der Waals surface area contributed by atoms with Gasteiger partial charge in [0, 0.05) is 42.5 Å². The summed E-state index contributed by atoms with van der Waals surface area (Å²) >= 11 is 0. The molecule has 0 heterocycles. The van der Waals surface area contributed by atoms with E-state index in [9.17, 15) is 74.4 Å². The van der Waals surface area contributed by atoms with E-state index < -0.39 is 273 Å². The van der Waals surface area contributed by atoms with Crippen LogP contribution in [0.4, 0.5) is 0 Å². The molecular formula is C64H102O31. The normalized spacial score (nSPS) is 16.3. The fourth-order valence-electron chi connectivity index (χ4n) is 7.48. The molecule has 0 aromatic heterocycles. The van der Waals surface area contributed by atoms with Crippen molar-refractivity contribution in [3.05, 3.63) is 85.1 Å². The second kappa shape index (κ2) is 54.9. The van der Waals surface area contributed by atoms with Gasteiger partial charge in [-0.05, 0) is 48.5 Å². The van der Waals surface area contributed by atoms with Crippen LogP contribution < -0.4 is 0 Å². The second-order valence-corrected chi connectivity index (χ2v) is 21.7. The van der Waals surface area contributed by atoms with E-state index in [1.165, 1.54) is 42.5 Å². The quantitative estimate of drug-likeness (QED) is 0.0215. The fraction of sp³-hybridized carbons (Fsp3) is 0.672. The van der Waals surface area contributed by atoms with Crippen molar-refractivity contribution in [1.29, 1.82) is 0 Å². The number of carbonyl (C=O) groups is 7. The van der Waals surface area contributed by atoms with Crippen LogP contribution in [0.1, 0.15) is 48.5 Å². The molecule has 0 aromatic rings. The third kappa shape index (κ3) is 46.6. The number of ether oxygens (including phenoxy) is 16. The van der Waals surface area contributed by atoms with Crippen LogP contribution in [-0.4, -0.2) is 297 Å². The molecule has 0 amide bonds. The summed E-state index contributed by atoms with van der Waals surface area (Å²) < 4.78 is 90.5. The number of esters is 7. The minimum atomic E-state index is -1.62. The molecule has 0 radical (unpaired) electrons. The van der Waals surface area contributed by atoms with Gasteiger partial charge in [-0.15, -0.1) is 0 Å². The topological polar surface area (TPSA) is 429 Å². The standard InChI is InChI=1S/C64H102O31/c1-8-15-55(73)89-29-48(66)22-80-37-62(36-65,38-81-23-49(67)30-90-56(74)16-9-2)39-87-46-64(43-85-27-53(71)34-94-60(78)20-13-6,44-86-28-54(72)35-95-61(79)21-14-7)47-88-45-63(40-82-24-50(68)31-91-57(75)17-10-3,41-83-25-51(69)32-92-58(76)18-11-4)42-84-26-52(70)33-93-59(77)19-12-5/h8-21,48-54,65-72H,22-47H2,1-7H3. The molecule has 8 N–H and O–H groups in total. The highest BCUT2D eigenvalue weighted by Gasteiger charge is 2.40. The number of rotatable bonds is 58. The Hall–Kier alpha value is -6.21. The summed E-state index contributed by atoms with van der Waals surface area (Å²) in [5, 5.41) is 87.0. The van der Waals surface area contributed by atoms with E-state index in [2.05, 4.69) is 0 Å². The lowest BCUT2D eigenvalue weighted by Crippen LogP contribution is -2.48. The first-order valence-electron chi connectivity index (χ1n) is 30.6. The van der Waals surface area contributed by atoms with Gasteiger partial charge in [-0.1, -0.05) is 42.5 Å². The fourth-order valence-corrected chi connectivity index (χ4v) is 7.48. The van der Waals surface area contributed by atoms with Crippen molar-refractivity contribution >= 4 is 41.8 Å². The predicted octanol–water partition coefficient (Wildman–Crippen LogP) is -0.551. The summed E-state index contributed by atoms with van der Waals surface area (Å²) in [4.78, 5) is 84.6. The van der Waals surface area contributed by atoms with Gasteiger partial charge in [-0.25, -0.2) is 33.6 Å². The Morgan fingerprint density at radius 3 is 0.526 bits per heavy atom. The summed E-state index contributed by atoms with van der Waals surface area (Å²) in [5.74, 6) is -5.23. The van der Waals surface area contributed by atoms with E-state index in [4.69, 9.17) is 75.8 Å². The molecule has 0 aliphatic heterocycles. The average molecular weight is 1370 g/mol. The molecule has 0 fully saturated rings. The van der Waals surface area contributed by atoms with E-state index in [1.807, 2.05) is 0 Å². The molecule has 0 aliphatic rings. The predicted molar refractivity (Wildman–Crippen MR) is 334 cm³/mol. The maximum Gasteiger partial charge on any atom is 0.330 e. The van der Waals surface area contributed by atoms with Crippen molar-refractivity contribution in [1.82, 2.24) is 0 Å². The monoisotopic (exact) mass is 1370 g/mol. The number of allylic oxidation sites excluding steroid dienone is 7. The zero-order chi connectivity index (χ0) is 71.2. The number of hydrogen-bond donors (Lipinski definition) is 8. The molecule has 0 rings (SSSR count). The Balaban J connectivity index is 7.95. The number of hydrogen-bond acceptors (Lipinski definition) is 31. The molecule has 0 aliphatic carbocycles. The van der Waals surface area contributed by atoms with Crippen molar-refractivity contribution in [2.75, 3.05) is 172 Å². The summed E-state index contributed by atoms with van der Waals surface area (Å²) in [6.07, 6.45) is 8.19. The Labute approximate surface area is 554 Å². The third-order valence-electron chi connectivity index (χ3n) is 12.0. The number of carbonyl (C=O) groups excluding carboxylic acids is 7. The van der Waals surface area contributed by atoms with Crippen molar-refractivity contribution in [3.8, 4) is 0 Å². The van der Waals surface area contributed by atoms with Gasteiger partial charge in [0.05, 0.1) is 142 Å².